The van der Waals surface area contributed by atoms with Crippen molar-refractivity contribution in [3.8, 4) is 0 Å². The molecule has 1 heterocycles. The number of aromatic nitrogens is 1. The number of hydrogen-bond acceptors (Lipinski definition) is 4. The van der Waals surface area contributed by atoms with Gasteiger partial charge in [-0.05, 0) is 19.3 Å². The van der Waals surface area contributed by atoms with Gasteiger partial charge in [-0.15, -0.1) is 0 Å². The van der Waals surface area contributed by atoms with Gasteiger partial charge in [-0.1, -0.05) is 41.5 Å². The highest BCUT2D eigenvalue weighted by atomic mass is 16.4. The summed E-state index contributed by atoms with van der Waals surface area (Å²) in [6.07, 6.45) is 0.552. The number of hydrogen-bond donors (Lipinski definition) is 2. The third-order valence-electron chi connectivity index (χ3n) is 3.05. The molecule has 21 heavy (non-hydrogen) atoms. The van der Waals surface area contributed by atoms with Crippen LogP contribution in [0.15, 0.2) is 4.42 Å². The van der Waals surface area contributed by atoms with E-state index in [9.17, 15) is 4.79 Å². The zero-order chi connectivity index (χ0) is 17.1. The second-order valence-corrected chi connectivity index (χ2v) is 5.58. The molecule has 0 radical (unpaired) electrons. The predicted molar refractivity (Wildman–Crippen MR) is 86.3 cm³/mol. The van der Waals surface area contributed by atoms with E-state index in [1.807, 2.05) is 27.7 Å². The Kier molecular flexibility index (Phi) is 11.8. The van der Waals surface area contributed by atoms with E-state index in [1.54, 1.807) is 0 Å². The predicted octanol–water partition coefficient (Wildman–Crippen LogP) is 3.19. The normalized spacial score (nSPS) is 11.5. The lowest BCUT2D eigenvalue weighted by molar-refractivity contribution is -0.109. The molecule has 0 saturated heterocycles. The van der Waals surface area contributed by atoms with Crippen molar-refractivity contribution in [2.75, 3.05) is 13.2 Å². The number of aryl methyl sites for hydroxylation is 2. The van der Waals surface area contributed by atoms with Crippen LogP contribution in [0.5, 0.6) is 0 Å². The van der Waals surface area contributed by atoms with Gasteiger partial charge in [0.2, 0.25) is 6.41 Å². The summed E-state index contributed by atoms with van der Waals surface area (Å²) >= 11 is 0. The summed E-state index contributed by atoms with van der Waals surface area (Å²) in [5.41, 5.74) is 1.22. The van der Waals surface area contributed by atoms with E-state index in [4.69, 9.17) is 9.52 Å². The molecular formula is C16H32N2O3. The maximum absolute atomic E-state index is 9.34. The number of nitrogens with one attached hydrogen (secondary N) is 1. The summed E-state index contributed by atoms with van der Waals surface area (Å²) in [5.74, 6) is 2.16. The lowest BCUT2D eigenvalue weighted by atomic mass is 9.82. The highest BCUT2D eigenvalue weighted by Crippen LogP contribution is 2.34. The van der Waals surface area contributed by atoms with Crippen LogP contribution >= 0.6 is 0 Å². The SMILES string of the molecule is CC.Cc1nc(C(C)C(C)(C)C)oc1C.O=CNCCO. The van der Waals surface area contributed by atoms with E-state index >= 15 is 0 Å². The molecule has 0 spiro atoms. The Morgan fingerprint density at radius 2 is 1.86 bits per heavy atom. The lowest BCUT2D eigenvalue weighted by Crippen LogP contribution is -2.15. The Morgan fingerprint density at radius 3 is 2.10 bits per heavy atom. The molecule has 124 valence electrons. The third kappa shape index (κ3) is 9.24. The summed E-state index contributed by atoms with van der Waals surface area (Å²) in [7, 11) is 0. The topological polar surface area (TPSA) is 75.4 Å². The summed E-state index contributed by atoms with van der Waals surface area (Å²) in [6, 6.07) is 0. The maximum Gasteiger partial charge on any atom is 0.207 e. The fourth-order valence-electron chi connectivity index (χ4n) is 1.18. The van der Waals surface area contributed by atoms with Crippen molar-refractivity contribution in [3.05, 3.63) is 17.3 Å². The first kappa shape index (κ1) is 21.9. The number of nitrogens with zero attached hydrogens (tertiary/aromatic N) is 1. The minimum Gasteiger partial charge on any atom is -0.445 e. The first-order valence-electron chi connectivity index (χ1n) is 7.45. The van der Waals surface area contributed by atoms with Crippen LogP contribution in [0.25, 0.3) is 0 Å². The molecule has 1 amide bonds. The molecular weight excluding hydrogens is 268 g/mol. The van der Waals surface area contributed by atoms with Gasteiger partial charge in [-0.2, -0.15) is 0 Å². The van der Waals surface area contributed by atoms with E-state index < -0.39 is 0 Å². The summed E-state index contributed by atoms with van der Waals surface area (Å²) in [5, 5.41) is 10.2. The molecule has 0 aliphatic carbocycles. The zero-order valence-electron chi connectivity index (χ0n) is 14.8. The molecule has 0 aliphatic heterocycles. The Labute approximate surface area is 129 Å². The average Bonchev–Trinajstić information content (AvgIpc) is 2.77. The van der Waals surface area contributed by atoms with Gasteiger partial charge in [0, 0.05) is 12.5 Å². The van der Waals surface area contributed by atoms with Crippen LogP contribution in [0.2, 0.25) is 0 Å². The number of aliphatic hydroxyl groups excluding tert-OH is 1. The summed E-state index contributed by atoms with van der Waals surface area (Å²) in [6.45, 7) is 17.1. The Bertz CT molecular complexity index is 362. The number of oxazole rings is 1. The quantitative estimate of drug-likeness (QED) is 0.661. The molecule has 0 aliphatic rings. The van der Waals surface area contributed by atoms with Gasteiger partial charge < -0.3 is 14.8 Å². The second kappa shape index (κ2) is 11.3. The van der Waals surface area contributed by atoms with Crippen LogP contribution in [0.4, 0.5) is 0 Å². The zero-order valence-corrected chi connectivity index (χ0v) is 14.8. The smallest absolute Gasteiger partial charge is 0.207 e. The highest BCUT2D eigenvalue weighted by molar-refractivity contribution is 5.45. The fraction of sp³-hybridized carbons (Fsp3) is 0.750. The van der Waals surface area contributed by atoms with Crippen molar-refractivity contribution in [1.29, 1.82) is 0 Å². The third-order valence-corrected chi connectivity index (χ3v) is 3.05. The van der Waals surface area contributed by atoms with E-state index in [1.165, 1.54) is 0 Å². The fourth-order valence-corrected chi connectivity index (χ4v) is 1.18. The van der Waals surface area contributed by atoms with Gasteiger partial charge in [-0.3, -0.25) is 4.79 Å². The summed E-state index contributed by atoms with van der Waals surface area (Å²) in [4.78, 5) is 13.8. The Balaban J connectivity index is 0. The van der Waals surface area contributed by atoms with Crippen LogP contribution in [0, 0.1) is 19.3 Å². The molecule has 1 unspecified atom stereocenters. The molecule has 2 N–H and O–H groups in total. The van der Waals surface area contributed by atoms with E-state index in [-0.39, 0.29) is 12.0 Å². The van der Waals surface area contributed by atoms with Gasteiger partial charge in [0.1, 0.15) is 5.76 Å². The largest absolute Gasteiger partial charge is 0.445 e. The molecule has 0 bridgehead atoms. The van der Waals surface area contributed by atoms with Crippen LogP contribution < -0.4 is 5.32 Å². The van der Waals surface area contributed by atoms with Crippen LogP contribution in [0.1, 0.15) is 64.8 Å². The maximum atomic E-state index is 9.34. The van der Waals surface area contributed by atoms with Crippen molar-refractivity contribution in [3.63, 3.8) is 0 Å². The monoisotopic (exact) mass is 300 g/mol. The van der Waals surface area contributed by atoms with Crippen molar-refractivity contribution >= 4 is 6.41 Å². The molecule has 1 aromatic rings. The second-order valence-electron chi connectivity index (χ2n) is 5.58. The summed E-state index contributed by atoms with van der Waals surface area (Å²) < 4.78 is 5.59. The van der Waals surface area contributed by atoms with Crippen LogP contribution in [-0.4, -0.2) is 29.7 Å². The van der Waals surface area contributed by atoms with Crippen LogP contribution in [-0.2, 0) is 4.79 Å². The number of carbonyl (C=O) groups excluding carboxylic acids is 1. The van der Waals surface area contributed by atoms with Crippen molar-refractivity contribution in [2.45, 2.75) is 61.3 Å². The number of aliphatic hydroxyl groups is 1. The van der Waals surface area contributed by atoms with Gasteiger partial charge in [-0.25, -0.2) is 4.98 Å². The van der Waals surface area contributed by atoms with Crippen molar-refractivity contribution in [1.82, 2.24) is 10.3 Å². The van der Waals surface area contributed by atoms with Gasteiger partial charge >= 0.3 is 0 Å². The first-order chi connectivity index (χ1) is 9.73. The van der Waals surface area contributed by atoms with E-state index in [2.05, 4.69) is 38.0 Å². The molecule has 5 nitrogen and oxygen atoms in total. The van der Waals surface area contributed by atoms with Gasteiger partial charge in [0.15, 0.2) is 5.89 Å². The number of rotatable bonds is 4. The Morgan fingerprint density at radius 1 is 1.33 bits per heavy atom. The minimum atomic E-state index is 0.0126. The average molecular weight is 300 g/mol. The molecule has 1 aromatic heterocycles. The first-order valence-corrected chi connectivity index (χ1v) is 7.45. The highest BCUT2D eigenvalue weighted by Gasteiger charge is 2.26. The van der Waals surface area contributed by atoms with Crippen molar-refractivity contribution in [2.24, 2.45) is 5.41 Å². The van der Waals surface area contributed by atoms with Crippen LogP contribution in [0.3, 0.4) is 0 Å². The van der Waals surface area contributed by atoms with Gasteiger partial charge in [0.25, 0.3) is 0 Å². The lowest BCUT2D eigenvalue weighted by Gasteiger charge is -2.24. The number of amides is 1. The molecule has 1 atom stereocenters. The standard InChI is InChI=1S/C11H19NO.C3H7NO2.C2H6/c1-7(11(4,5)6)10-12-8(2)9(3)13-10;5-2-1-4-3-6;1-2/h7H,1-6H3;3,5H,1-2H2,(H,4,6);1-2H3. The molecule has 0 saturated carbocycles. The molecule has 0 fully saturated rings. The van der Waals surface area contributed by atoms with Gasteiger partial charge in [0.05, 0.1) is 12.3 Å². The van der Waals surface area contributed by atoms with E-state index in [0.717, 1.165) is 17.3 Å². The molecule has 0 aromatic carbocycles. The molecule has 1 rings (SSSR count). The van der Waals surface area contributed by atoms with Crippen molar-refractivity contribution < 1.29 is 14.3 Å². The Hall–Kier alpha value is -1.36. The molecule has 5 heteroatoms. The van der Waals surface area contributed by atoms with E-state index in [0.29, 0.717) is 18.9 Å². The minimum absolute atomic E-state index is 0.0126. The number of carbonyl (C=O) groups is 1.